The topological polar surface area (TPSA) is 46.6 Å². The zero-order valence-corrected chi connectivity index (χ0v) is 15.6. The van der Waals surface area contributed by atoms with Crippen LogP contribution in [0.15, 0.2) is 36.5 Å². The Labute approximate surface area is 155 Å². The number of hydrogen-bond donors (Lipinski definition) is 1. The number of pyridine rings is 1. The summed E-state index contributed by atoms with van der Waals surface area (Å²) in [5, 5.41) is 3.44. The normalized spacial score (nSPS) is 13.4. The van der Waals surface area contributed by atoms with Crippen LogP contribution in [0.1, 0.15) is 24.0 Å². The molecular formula is C19H26ClN3O2. The average molecular weight is 364 g/mol. The van der Waals surface area contributed by atoms with Crippen molar-refractivity contribution < 1.29 is 9.47 Å². The summed E-state index contributed by atoms with van der Waals surface area (Å²) in [7, 11) is 3.33. The SMILES string of the molecule is COc1cc(CNCc2ccc(N3CCCC3)nc2)cc(OC)c1.Cl. The minimum absolute atomic E-state index is 0. The Kier molecular flexibility index (Phi) is 7.34. The molecule has 0 radical (unpaired) electrons. The van der Waals surface area contributed by atoms with Gasteiger partial charge in [0.05, 0.1) is 14.2 Å². The molecule has 0 bridgehead atoms. The molecule has 5 nitrogen and oxygen atoms in total. The van der Waals surface area contributed by atoms with Crippen LogP contribution in [-0.2, 0) is 13.1 Å². The summed E-state index contributed by atoms with van der Waals surface area (Å²) >= 11 is 0. The van der Waals surface area contributed by atoms with Gasteiger partial charge in [-0.05, 0) is 42.2 Å². The van der Waals surface area contributed by atoms with E-state index >= 15 is 0 Å². The van der Waals surface area contributed by atoms with E-state index in [1.165, 1.54) is 18.4 Å². The lowest BCUT2D eigenvalue weighted by Crippen LogP contribution is -2.19. The van der Waals surface area contributed by atoms with Crippen molar-refractivity contribution in [3.8, 4) is 11.5 Å². The Morgan fingerprint density at radius 2 is 1.60 bits per heavy atom. The minimum Gasteiger partial charge on any atom is -0.497 e. The highest BCUT2D eigenvalue weighted by Gasteiger charge is 2.12. The van der Waals surface area contributed by atoms with Crippen molar-refractivity contribution in [1.82, 2.24) is 10.3 Å². The third-order valence-corrected chi connectivity index (χ3v) is 4.31. The van der Waals surface area contributed by atoms with Crippen molar-refractivity contribution in [3.63, 3.8) is 0 Å². The van der Waals surface area contributed by atoms with E-state index < -0.39 is 0 Å². The fraction of sp³-hybridized carbons (Fsp3) is 0.421. The minimum atomic E-state index is 0. The summed E-state index contributed by atoms with van der Waals surface area (Å²) in [6, 6.07) is 10.2. The van der Waals surface area contributed by atoms with Gasteiger partial charge < -0.3 is 19.7 Å². The number of anilines is 1. The lowest BCUT2D eigenvalue weighted by Gasteiger charge is -2.16. The van der Waals surface area contributed by atoms with Gasteiger partial charge >= 0.3 is 0 Å². The summed E-state index contributed by atoms with van der Waals surface area (Å²) in [5.74, 6) is 2.71. The maximum Gasteiger partial charge on any atom is 0.128 e. The summed E-state index contributed by atoms with van der Waals surface area (Å²) in [5.41, 5.74) is 2.32. The van der Waals surface area contributed by atoms with Crippen LogP contribution in [0.25, 0.3) is 0 Å². The van der Waals surface area contributed by atoms with Crippen molar-refractivity contribution in [3.05, 3.63) is 47.7 Å². The predicted octanol–water partition coefficient (Wildman–Crippen LogP) is 3.41. The van der Waals surface area contributed by atoms with Crippen LogP contribution in [0.3, 0.4) is 0 Å². The molecule has 1 aromatic carbocycles. The fourth-order valence-corrected chi connectivity index (χ4v) is 2.97. The van der Waals surface area contributed by atoms with Gasteiger partial charge in [-0.2, -0.15) is 0 Å². The number of aromatic nitrogens is 1. The van der Waals surface area contributed by atoms with Crippen molar-refractivity contribution in [1.29, 1.82) is 0 Å². The van der Waals surface area contributed by atoms with Gasteiger partial charge in [-0.3, -0.25) is 0 Å². The van der Waals surface area contributed by atoms with Crippen LogP contribution in [-0.4, -0.2) is 32.3 Å². The zero-order chi connectivity index (χ0) is 16.8. The van der Waals surface area contributed by atoms with Crippen molar-refractivity contribution in [2.45, 2.75) is 25.9 Å². The van der Waals surface area contributed by atoms with E-state index in [9.17, 15) is 0 Å². The first-order valence-corrected chi connectivity index (χ1v) is 8.41. The summed E-state index contributed by atoms with van der Waals surface area (Å²) < 4.78 is 10.6. The second-order valence-corrected chi connectivity index (χ2v) is 6.04. The maximum atomic E-state index is 5.30. The third kappa shape index (κ3) is 5.25. The van der Waals surface area contributed by atoms with Gasteiger partial charge in [-0.25, -0.2) is 4.98 Å². The molecule has 0 spiro atoms. The van der Waals surface area contributed by atoms with Gasteiger partial charge in [0.1, 0.15) is 17.3 Å². The maximum absolute atomic E-state index is 5.30. The number of nitrogens with one attached hydrogen (secondary N) is 1. The molecule has 0 aliphatic carbocycles. The van der Waals surface area contributed by atoms with Crippen LogP contribution < -0.4 is 19.7 Å². The van der Waals surface area contributed by atoms with E-state index in [1.807, 2.05) is 24.4 Å². The summed E-state index contributed by atoms with van der Waals surface area (Å²) in [4.78, 5) is 6.93. The molecule has 1 aromatic heterocycles. The Hall–Kier alpha value is -1.98. The van der Waals surface area contributed by atoms with Gasteiger partial charge in [0.25, 0.3) is 0 Å². The Morgan fingerprint density at radius 3 is 2.16 bits per heavy atom. The molecule has 1 aliphatic rings. The molecule has 1 aliphatic heterocycles. The first-order valence-electron chi connectivity index (χ1n) is 8.41. The molecule has 1 N–H and O–H groups in total. The smallest absolute Gasteiger partial charge is 0.128 e. The van der Waals surface area contributed by atoms with E-state index in [0.717, 1.165) is 49.1 Å². The fourth-order valence-electron chi connectivity index (χ4n) is 2.97. The summed E-state index contributed by atoms with van der Waals surface area (Å²) in [6.45, 7) is 3.79. The van der Waals surface area contributed by atoms with Crippen LogP contribution in [0.4, 0.5) is 5.82 Å². The number of nitrogens with zero attached hydrogens (tertiary/aromatic N) is 2. The van der Waals surface area contributed by atoms with Crippen LogP contribution in [0.5, 0.6) is 11.5 Å². The monoisotopic (exact) mass is 363 g/mol. The average Bonchev–Trinajstić information content (AvgIpc) is 3.16. The quantitative estimate of drug-likeness (QED) is 0.816. The molecule has 3 rings (SSSR count). The second kappa shape index (κ2) is 9.49. The van der Waals surface area contributed by atoms with Gasteiger partial charge in [0, 0.05) is 38.4 Å². The molecule has 2 heterocycles. The predicted molar refractivity (Wildman–Crippen MR) is 103 cm³/mol. The molecule has 1 fully saturated rings. The number of methoxy groups -OCH3 is 2. The van der Waals surface area contributed by atoms with Crippen LogP contribution in [0.2, 0.25) is 0 Å². The highest BCUT2D eigenvalue weighted by molar-refractivity contribution is 5.85. The first kappa shape index (κ1) is 19.3. The molecule has 1 saturated heterocycles. The molecule has 0 unspecified atom stereocenters. The Balaban J connectivity index is 0.00000225. The lowest BCUT2D eigenvalue weighted by atomic mass is 10.2. The van der Waals surface area contributed by atoms with Gasteiger partial charge in [-0.1, -0.05) is 6.07 Å². The highest BCUT2D eigenvalue weighted by atomic mass is 35.5. The standard InChI is InChI=1S/C19H25N3O2.ClH/c1-23-17-9-16(10-18(11-17)24-2)13-20-12-15-5-6-19(21-14-15)22-7-3-4-8-22;/h5-6,9-11,14,20H,3-4,7-8,12-13H2,1-2H3;1H. The number of hydrogen-bond acceptors (Lipinski definition) is 5. The van der Waals surface area contributed by atoms with Crippen molar-refractivity contribution in [2.75, 3.05) is 32.2 Å². The van der Waals surface area contributed by atoms with Crippen LogP contribution in [0, 0.1) is 0 Å². The highest BCUT2D eigenvalue weighted by Crippen LogP contribution is 2.22. The third-order valence-electron chi connectivity index (χ3n) is 4.31. The van der Waals surface area contributed by atoms with E-state index in [0.29, 0.717) is 0 Å². The Bertz CT molecular complexity index is 636. The second-order valence-electron chi connectivity index (χ2n) is 6.04. The number of benzene rings is 1. The number of ether oxygens (including phenoxy) is 2. The van der Waals surface area contributed by atoms with Gasteiger partial charge in [-0.15, -0.1) is 12.4 Å². The molecule has 2 aromatic rings. The van der Waals surface area contributed by atoms with E-state index in [-0.39, 0.29) is 12.4 Å². The zero-order valence-electron chi connectivity index (χ0n) is 14.8. The number of rotatable bonds is 7. The van der Waals surface area contributed by atoms with Gasteiger partial charge in [0.15, 0.2) is 0 Å². The molecular weight excluding hydrogens is 338 g/mol. The first-order chi connectivity index (χ1) is 11.8. The number of halogens is 1. The van der Waals surface area contributed by atoms with Crippen molar-refractivity contribution >= 4 is 18.2 Å². The molecule has 0 amide bonds. The van der Waals surface area contributed by atoms with E-state index in [4.69, 9.17) is 9.47 Å². The lowest BCUT2D eigenvalue weighted by molar-refractivity contribution is 0.393. The summed E-state index contributed by atoms with van der Waals surface area (Å²) in [6.07, 6.45) is 4.51. The van der Waals surface area contributed by atoms with E-state index in [1.54, 1.807) is 14.2 Å². The molecule has 0 saturated carbocycles. The van der Waals surface area contributed by atoms with Gasteiger partial charge in [0.2, 0.25) is 0 Å². The molecule has 6 heteroatoms. The Morgan fingerprint density at radius 1 is 0.960 bits per heavy atom. The molecule has 25 heavy (non-hydrogen) atoms. The largest absolute Gasteiger partial charge is 0.497 e. The van der Waals surface area contributed by atoms with Crippen molar-refractivity contribution in [2.24, 2.45) is 0 Å². The van der Waals surface area contributed by atoms with E-state index in [2.05, 4.69) is 27.3 Å². The molecule has 0 atom stereocenters. The molecule has 136 valence electrons. The van der Waals surface area contributed by atoms with Crippen LogP contribution >= 0.6 is 12.4 Å².